The fraction of sp³-hybridized carbons (Fsp3) is 0.125. The molecule has 3 rings (SSSR count). The Balaban J connectivity index is 2.21. The second-order valence-electron chi connectivity index (χ2n) is 4.84. The smallest absolute Gasteiger partial charge is 0.178 e. The summed E-state index contributed by atoms with van der Waals surface area (Å²) in [6, 6.07) is 16.1. The molecule has 1 aromatic heterocycles. The van der Waals surface area contributed by atoms with E-state index >= 15 is 0 Å². The van der Waals surface area contributed by atoms with Crippen LogP contribution in [0.3, 0.4) is 0 Å². The SMILES string of the molecule is CC(c1ccc(Br)cc1)n1c(=S)[nH]c2c(C#N)cccc21. The van der Waals surface area contributed by atoms with Gasteiger partial charge in [-0.2, -0.15) is 5.26 Å². The van der Waals surface area contributed by atoms with Crippen LogP contribution in [-0.2, 0) is 0 Å². The van der Waals surface area contributed by atoms with Crippen molar-refractivity contribution in [2.24, 2.45) is 0 Å². The third-order valence-electron chi connectivity index (χ3n) is 3.61. The number of nitrogens with zero attached hydrogens (tertiary/aromatic N) is 2. The summed E-state index contributed by atoms with van der Waals surface area (Å²) in [6.45, 7) is 2.10. The zero-order chi connectivity index (χ0) is 15.0. The summed E-state index contributed by atoms with van der Waals surface area (Å²) < 4.78 is 3.73. The Labute approximate surface area is 136 Å². The Morgan fingerprint density at radius 3 is 2.62 bits per heavy atom. The molecule has 1 heterocycles. The number of halogens is 1. The van der Waals surface area contributed by atoms with Crippen LogP contribution in [0.5, 0.6) is 0 Å². The number of aromatic nitrogens is 2. The number of rotatable bonds is 2. The minimum atomic E-state index is 0.0910. The highest BCUT2D eigenvalue weighted by Gasteiger charge is 2.14. The summed E-state index contributed by atoms with van der Waals surface area (Å²) in [6.07, 6.45) is 0. The van der Waals surface area contributed by atoms with Gasteiger partial charge in [0.1, 0.15) is 6.07 Å². The fourth-order valence-electron chi connectivity index (χ4n) is 2.52. The zero-order valence-electron chi connectivity index (χ0n) is 11.3. The van der Waals surface area contributed by atoms with E-state index in [1.165, 1.54) is 0 Å². The first-order chi connectivity index (χ1) is 10.1. The van der Waals surface area contributed by atoms with E-state index in [1.54, 1.807) is 6.07 Å². The van der Waals surface area contributed by atoms with Gasteiger partial charge in [0.2, 0.25) is 0 Å². The molecular weight excluding hydrogens is 346 g/mol. The van der Waals surface area contributed by atoms with Crippen molar-refractivity contribution < 1.29 is 0 Å². The van der Waals surface area contributed by atoms with Gasteiger partial charge in [0.05, 0.1) is 22.6 Å². The van der Waals surface area contributed by atoms with E-state index in [2.05, 4.69) is 50.6 Å². The summed E-state index contributed by atoms with van der Waals surface area (Å²) in [4.78, 5) is 3.15. The first-order valence-electron chi connectivity index (χ1n) is 6.50. The summed E-state index contributed by atoms with van der Waals surface area (Å²) in [7, 11) is 0. The largest absolute Gasteiger partial charge is 0.329 e. The van der Waals surface area contributed by atoms with Gasteiger partial charge in [0.15, 0.2) is 4.77 Å². The minimum Gasteiger partial charge on any atom is -0.329 e. The molecule has 3 nitrogen and oxygen atoms in total. The number of nitriles is 1. The molecule has 1 N–H and O–H groups in total. The van der Waals surface area contributed by atoms with Crippen molar-refractivity contribution in [2.75, 3.05) is 0 Å². The summed E-state index contributed by atoms with van der Waals surface area (Å²) in [5.74, 6) is 0. The average Bonchev–Trinajstić information content (AvgIpc) is 2.83. The van der Waals surface area contributed by atoms with Crippen LogP contribution in [0.2, 0.25) is 0 Å². The third kappa shape index (κ3) is 2.41. The Morgan fingerprint density at radius 1 is 1.24 bits per heavy atom. The lowest BCUT2D eigenvalue weighted by molar-refractivity contribution is 0.649. The predicted molar refractivity (Wildman–Crippen MR) is 89.8 cm³/mol. The van der Waals surface area contributed by atoms with E-state index in [0.29, 0.717) is 10.3 Å². The van der Waals surface area contributed by atoms with Crippen LogP contribution in [0, 0.1) is 16.1 Å². The van der Waals surface area contributed by atoms with Crippen molar-refractivity contribution in [3.8, 4) is 6.07 Å². The standard InChI is InChI=1S/C16H12BrN3S/c1-10(11-5-7-13(17)8-6-11)20-14-4-2-3-12(9-18)15(14)19-16(20)21/h2-8,10H,1H3,(H,19,21). The molecule has 2 aromatic carbocycles. The Kier molecular flexibility index (Phi) is 3.66. The zero-order valence-corrected chi connectivity index (χ0v) is 13.7. The number of hydrogen-bond donors (Lipinski definition) is 1. The Morgan fingerprint density at radius 2 is 1.95 bits per heavy atom. The average molecular weight is 358 g/mol. The van der Waals surface area contributed by atoms with Gasteiger partial charge in [-0.15, -0.1) is 0 Å². The molecule has 1 unspecified atom stereocenters. The highest BCUT2D eigenvalue weighted by atomic mass is 79.9. The lowest BCUT2D eigenvalue weighted by atomic mass is 10.1. The van der Waals surface area contributed by atoms with Crippen molar-refractivity contribution in [2.45, 2.75) is 13.0 Å². The quantitative estimate of drug-likeness (QED) is 0.660. The van der Waals surface area contributed by atoms with Crippen LogP contribution in [-0.4, -0.2) is 9.55 Å². The second kappa shape index (κ2) is 5.47. The molecule has 1 atom stereocenters. The van der Waals surface area contributed by atoms with Gasteiger partial charge in [-0.05, 0) is 49.0 Å². The predicted octanol–water partition coefficient (Wildman–Crippen LogP) is 4.94. The number of nitrogens with one attached hydrogen (secondary N) is 1. The van der Waals surface area contributed by atoms with Gasteiger partial charge in [-0.3, -0.25) is 0 Å². The van der Waals surface area contributed by atoms with Crippen LogP contribution in [0.1, 0.15) is 24.1 Å². The van der Waals surface area contributed by atoms with Crippen molar-refractivity contribution in [1.29, 1.82) is 5.26 Å². The van der Waals surface area contributed by atoms with E-state index in [-0.39, 0.29) is 6.04 Å². The van der Waals surface area contributed by atoms with Crippen LogP contribution in [0.25, 0.3) is 11.0 Å². The highest BCUT2D eigenvalue weighted by Crippen LogP contribution is 2.26. The molecule has 0 aliphatic carbocycles. The lowest BCUT2D eigenvalue weighted by Crippen LogP contribution is -2.06. The van der Waals surface area contributed by atoms with Crippen molar-refractivity contribution in [3.63, 3.8) is 0 Å². The first-order valence-corrected chi connectivity index (χ1v) is 7.70. The number of H-pyrrole nitrogens is 1. The molecule has 5 heteroatoms. The van der Waals surface area contributed by atoms with Gasteiger partial charge in [0.25, 0.3) is 0 Å². The van der Waals surface area contributed by atoms with Crippen LogP contribution < -0.4 is 0 Å². The van der Waals surface area contributed by atoms with Crippen LogP contribution >= 0.6 is 28.1 Å². The van der Waals surface area contributed by atoms with Gasteiger partial charge >= 0.3 is 0 Å². The van der Waals surface area contributed by atoms with E-state index in [4.69, 9.17) is 12.2 Å². The Hall–Kier alpha value is -1.90. The minimum absolute atomic E-state index is 0.0910. The molecule has 0 aliphatic rings. The molecule has 0 bridgehead atoms. The number of imidazole rings is 1. The van der Waals surface area contributed by atoms with E-state index in [9.17, 15) is 5.26 Å². The van der Waals surface area contributed by atoms with E-state index < -0.39 is 0 Å². The molecule has 0 radical (unpaired) electrons. The maximum Gasteiger partial charge on any atom is 0.178 e. The normalized spacial score (nSPS) is 12.2. The molecular formula is C16H12BrN3S. The maximum atomic E-state index is 9.20. The van der Waals surface area contributed by atoms with Crippen molar-refractivity contribution in [3.05, 3.63) is 62.8 Å². The second-order valence-corrected chi connectivity index (χ2v) is 6.14. The van der Waals surface area contributed by atoms with E-state index in [0.717, 1.165) is 21.1 Å². The number of aromatic amines is 1. The molecule has 3 aromatic rings. The number of hydrogen-bond acceptors (Lipinski definition) is 2. The van der Waals surface area contributed by atoms with Gasteiger partial charge in [-0.25, -0.2) is 0 Å². The van der Waals surface area contributed by atoms with Crippen LogP contribution in [0.15, 0.2) is 46.9 Å². The van der Waals surface area contributed by atoms with Crippen molar-refractivity contribution >= 4 is 39.2 Å². The maximum absolute atomic E-state index is 9.20. The molecule has 0 saturated heterocycles. The van der Waals surface area contributed by atoms with Crippen molar-refractivity contribution in [1.82, 2.24) is 9.55 Å². The summed E-state index contributed by atoms with van der Waals surface area (Å²) in [5, 5.41) is 9.20. The monoisotopic (exact) mass is 357 g/mol. The summed E-state index contributed by atoms with van der Waals surface area (Å²) in [5.41, 5.74) is 3.53. The third-order valence-corrected chi connectivity index (χ3v) is 4.44. The number of benzene rings is 2. The Bertz CT molecular complexity index is 900. The molecule has 21 heavy (non-hydrogen) atoms. The highest BCUT2D eigenvalue weighted by molar-refractivity contribution is 9.10. The van der Waals surface area contributed by atoms with Gasteiger partial charge in [-0.1, -0.05) is 34.1 Å². The topological polar surface area (TPSA) is 44.5 Å². The molecule has 0 spiro atoms. The fourth-order valence-corrected chi connectivity index (χ4v) is 3.14. The first kappa shape index (κ1) is 14.1. The van der Waals surface area contributed by atoms with Gasteiger partial charge in [0, 0.05) is 4.47 Å². The summed E-state index contributed by atoms with van der Waals surface area (Å²) >= 11 is 8.90. The molecule has 104 valence electrons. The lowest BCUT2D eigenvalue weighted by Gasteiger charge is -2.15. The van der Waals surface area contributed by atoms with Crippen LogP contribution in [0.4, 0.5) is 0 Å². The molecule has 0 aliphatic heterocycles. The molecule has 0 saturated carbocycles. The molecule has 0 fully saturated rings. The van der Waals surface area contributed by atoms with E-state index in [1.807, 2.05) is 24.3 Å². The van der Waals surface area contributed by atoms with Gasteiger partial charge < -0.3 is 9.55 Å². The number of para-hydroxylation sites is 1. The molecule has 0 amide bonds. The number of fused-ring (bicyclic) bond motifs is 1.